The van der Waals surface area contributed by atoms with Gasteiger partial charge in [-0.1, -0.05) is 0 Å². The topological polar surface area (TPSA) is 76.1 Å². The van der Waals surface area contributed by atoms with Crippen LogP contribution in [0.2, 0.25) is 0 Å². The molecule has 7 heteroatoms. The molecule has 1 saturated heterocycles. The van der Waals surface area contributed by atoms with Crippen molar-refractivity contribution in [3.05, 3.63) is 22.2 Å². The molecule has 1 N–H and O–H groups in total. The lowest BCUT2D eigenvalue weighted by molar-refractivity contribution is -0.141. The van der Waals surface area contributed by atoms with E-state index in [1.807, 2.05) is 0 Å². The smallest absolute Gasteiger partial charge is 0.326 e. The van der Waals surface area contributed by atoms with Crippen molar-refractivity contribution < 1.29 is 24.2 Å². The average molecular weight is 358 g/mol. The lowest BCUT2D eigenvalue weighted by Crippen LogP contribution is -2.40. The van der Waals surface area contributed by atoms with Gasteiger partial charge >= 0.3 is 5.97 Å². The fourth-order valence-electron chi connectivity index (χ4n) is 2.47. The number of carboxylic acids is 1. The first-order valence-electron chi connectivity index (χ1n) is 6.45. The van der Waals surface area contributed by atoms with Crippen molar-refractivity contribution in [3.8, 4) is 11.5 Å². The average Bonchev–Trinajstić information content (AvgIpc) is 2.95. The third-order valence-corrected chi connectivity index (χ3v) is 4.08. The van der Waals surface area contributed by atoms with Crippen LogP contribution in [0.1, 0.15) is 23.2 Å². The summed E-state index contributed by atoms with van der Waals surface area (Å²) in [6.07, 6.45) is 1.14. The number of likely N-dealkylation sites (tertiary alicyclic amines) is 1. The van der Waals surface area contributed by atoms with Gasteiger partial charge in [0, 0.05) is 6.54 Å². The van der Waals surface area contributed by atoms with E-state index < -0.39 is 12.0 Å². The minimum absolute atomic E-state index is 0.289. The van der Waals surface area contributed by atoms with Crippen LogP contribution in [0.4, 0.5) is 0 Å². The number of methoxy groups -OCH3 is 2. The summed E-state index contributed by atoms with van der Waals surface area (Å²) < 4.78 is 11.0. The van der Waals surface area contributed by atoms with E-state index in [1.165, 1.54) is 19.1 Å². The van der Waals surface area contributed by atoms with E-state index in [9.17, 15) is 14.7 Å². The molecule has 0 unspecified atom stereocenters. The minimum Gasteiger partial charge on any atom is -0.497 e. The van der Waals surface area contributed by atoms with Crippen molar-refractivity contribution in [2.24, 2.45) is 0 Å². The van der Waals surface area contributed by atoms with Gasteiger partial charge in [-0.25, -0.2) is 4.79 Å². The summed E-state index contributed by atoms with van der Waals surface area (Å²) >= 11 is 3.33. The molecule has 1 aromatic carbocycles. The molecule has 0 saturated carbocycles. The second-order valence-corrected chi connectivity index (χ2v) is 5.54. The molecule has 0 aromatic heterocycles. The largest absolute Gasteiger partial charge is 0.497 e. The van der Waals surface area contributed by atoms with E-state index in [4.69, 9.17) is 9.47 Å². The highest BCUT2D eigenvalue weighted by Crippen LogP contribution is 2.35. The van der Waals surface area contributed by atoms with Crippen molar-refractivity contribution in [2.45, 2.75) is 18.9 Å². The lowest BCUT2D eigenvalue weighted by Gasteiger charge is -2.23. The third kappa shape index (κ3) is 2.97. The predicted octanol–water partition coefficient (Wildman–Crippen LogP) is 2.16. The van der Waals surface area contributed by atoms with Gasteiger partial charge in [0.25, 0.3) is 5.91 Å². The Balaban J connectivity index is 2.42. The standard InChI is InChI=1S/C14H16BrNO5/c1-20-8-6-9(12(21-2)10(15)7-8)13(17)16-5-3-4-11(16)14(18)19/h6-7,11H,3-5H2,1-2H3,(H,18,19)/t11-/m0/s1. The normalized spacial score (nSPS) is 17.7. The van der Waals surface area contributed by atoms with Crippen molar-refractivity contribution in [2.75, 3.05) is 20.8 Å². The summed E-state index contributed by atoms with van der Waals surface area (Å²) in [6, 6.07) is 2.46. The van der Waals surface area contributed by atoms with Gasteiger partial charge in [0.15, 0.2) is 0 Å². The van der Waals surface area contributed by atoms with Crippen molar-refractivity contribution in [1.82, 2.24) is 4.90 Å². The second kappa shape index (κ2) is 6.34. The summed E-state index contributed by atoms with van der Waals surface area (Å²) in [6.45, 7) is 0.424. The number of ether oxygens (including phenoxy) is 2. The zero-order valence-corrected chi connectivity index (χ0v) is 13.3. The third-order valence-electron chi connectivity index (χ3n) is 3.49. The molecule has 6 nitrogen and oxygen atoms in total. The van der Waals surface area contributed by atoms with Gasteiger partial charge in [-0.3, -0.25) is 4.79 Å². The van der Waals surface area contributed by atoms with E-state index in [-0.39, 0.29) is 11.5 Å². The van der Waals surface area contributed by atoms with Crippen LogP contribution in [0.3, 0.4) is 0 Å². The fraction of sp³-hybridized carbons (Fsp3) is 0.429. The summed E-state index contributed by atoms with van der Waals surface area (Å²) in [5.74, 6) is -0.480. The highest BCUT2D eigenvalue weighted by Gasteiger charge is 2.35. The quantitative estimate of drug-likeness (QED) is 0.893. The number of aliphatic carboxylic acids is 1. The maximum Gasteiger partial charge on any atom is 0.326 e. The van der Waals surface area contributed by atoms with Crippen LogP contribution < -0.4 is 9.47 Å². The van der Waals surface area contributed by atoms with E-state index >= 15 is 0 Å². The number of nitrogens with zero attached hydrogens (tertiary/aromatic N) is 1. The molecule has 2 rings (SSSR count). The van der Waals surface area contributed by atoms with Crippen LogP contribution in [0.15, 0.2) is 16.6 Å². The van der Waals surface area contributed by atoms with E-state index in [0.29, 0.717) is 35.4 Å². The van der Waals surface area contributed by atoms with Crippen molar-refractivity contribution in [1.29, 1.82) is 0 Å². The Morgan fingerprint density at radius 1 is 1.33 bits per heavy atom. The molecule has 0 aliphatic carbocycles. The molecule has 1 heterocycles. The minimum atomic E-state index is -0.984. The molecule has 1 amide bonds. The Labute approximate surface area is 130 Å². The summed E-state index contributed by atoms with van der Waals surface area (Å²) in [4.78, 5) is 25.3. The Morgan fingerprint density at radius 2 is 2.05 bits per heavy atom. The number of halogens is 1. The first kappa shape index (κ1) is 15.6. The molecule has 0 radical (unpaired) electrons. The molecule has 21 heavy (non-hydrogen) atoms. The van der Waals surface area contributed by atoms with Crippen LogP contribution in [0.25, 0.3) is 0 Å². The summed E-state index contributed by atoms with van der Waals surface area (Å²) in [5, 5.41) is 9.20. The van der Waals surface area contributed by atoms with Gasteiger partial charge in [0.1, 0.15) is 17.5 Å². The van der Waals surface area contributed by atoms with Crippen LogP contribution in [-0.4, -0.2) is 48.7 Å². The monoisotopic (exact) mass is 357 g/mol. The highest BCUT2D eigenvalue weighted by atomic mass is 79.9. The van der Waals surface area contributed by atoms with E-state index in [0.717, 1.165) is 0 Å². The first-order chi connectivity index (χ1) is 9.99. The summed E-state index contributed by atoms with van der Waals surface area (Å²) in [5.41, 5.74) is 0.289. The lowest BCUT2D eigenvalue weighted by atomic mass is 10.1. The number of rotatable bonds is 4. The second-order valence-electron chi connectivity index (χ2n) is 4.68. The summed E-state index contributed by atoms with van der Waals surface area (Å²) in [7, 11) is 2.96. The Kier molecular flexibility index (Phi) is 4.72. The fourth-order valence-corrected chi connectivity index (χ4v) is 3.08. The molecule has 1 atom stereocenters. The molecule has 0 bridgehead atoms. The molecule has 0 spiro atoms. The zero-order valence-electron chi connectivity index (χ0n) is 11.8. The van der Waals surface area contributed by atoms with E-state index in [1.54, 1.807) is 12.1 Å². The first-order valence-corrected chi connectivity index (χ1v) is 7.24. The van der Waals surface area contributed by atoms with Crippen LogP contribution in [0, 0.1) is 0 Å². The Bertz CT molecular complexity index is 575. The van der Waals surface area contributed by atoms with Gasteiger partial charge in [-0.05, 0) is 40.9 Å². The number of carbonyl (C=O) groups excluding carboxylic acids is 1. The molecular weight excluding hydrogens is 342 g/mol. The SMILES string of the molecule is COc1cc(Br)c(OC)c(C(=O)N2CCC[C@H]2C(=O)O)c1. The van der Waals surface area contributed by atoms with Gasteiger partial charge in [-0.2, -0.15) is 0 Å². The van der Waals surface area contributed by atoms with Gasteiger partial charge < -0.3 is 19.5 Å². The van der Waals surface area contributed by atoms with Gasteiger partial charge in [-0.15, -0.1) is 0 Å². The van der Waals surface area contributed by atoms with Crippen molar-refractivity contribution >= 4 is 27.8 Å². The van der Waals surface area contributed by atoms with Crippen LogP contribution >= 0.6 is 15.9 Å². The molecule has 1 aromatic rings. The number of hydrogen-bond donors (Lipinski definition) is 1. The molecule has 114 valence electrons. The van der Waals surface area contributed by atoms with Crippen LogP contribution in [-0.2, 0) is 4.79 Å². The molecule has 1 aliphatic rings. The van der Waals surface area contributed by atoms with Crippen molar-refractivity contribution in [3.63, 3.8) is 0 Å². The number of hydrogen-bond acceptors (Lipinski definition) is 4. The zero-order chi connectivity index (χ0) is 15.6. The maximum absolute atomic E-state index is 12.7. The predicted molar refractivity (Wildman–Crippen MR) is 78.9 cm³/mol. The highest BCUT2D eigenvalue weighted by molar-refractivity contribution is 9.10. The van der Waals surface area contributed by atoms with Gasteiger partial charge in [0.05, 0.1) is 24.3 Å². The number of carbonyl (C=O) groups is 2. The number of benzene rings is 1. The van der Waals surface area contributed by atoms with Crippen LogP contribution in [0.5, 0.6) is 11.5 Å². The molecular formula is C14H16BrNO5. The Morgan fingerprint density at radius 3 is 2.62 bits per heavy atom. The molecule has 1 aliphatic heterocycles. The number of carboxylic acid groups (broad SMARTS) is 1. The number of amides is 1. The molecule has 1 fully saturated rings. The Hall–Kier alpha value is -1.76. The van der Waals surface area contributed by atoms with Gasteiger partial charge in [0.2, 0.25) is 0 Å². The van der Waals surface area contributed by atoms with E-state index in [2.05, 4.69) is 15.9 Å². The maximum atomic E-state index is 12.7.